The predicted octanol–water partition coefficient (Wildman–Crippen LogP) is 2.53. The van der Waals surface area contributed by atoms with Crippen LogP contribution in [0.2, 0.25) is 0 Å². The van der Waals surface area contributed by atoms with Gasteiger partial charge in [-0.25, -0.2) is 4.98 Å². The number of furan rings is 1. The van der Waals surface area contributed by atoms with Gasteiger partial charge in [0.15, 0.2) is 0 Å². The molecule has 5 nitrogen and oxygen atoms in total. The first-order valence-electron chi connectivity index (χ1n) is 6.17. The highest BCUT2D eigenvalue weighted by molar-refractivity contribution is 5.42. The SMILES string of the molecule is CCNc1nccc(N(CC)Cc2ccco2)n1. The fourth-order valence-electron chi connectivity index (χ4n) is 1.71. The zero-order valence-electron chi connectivity index (χ0n) is 10.8. The van der Waals surface area contributed by atoms with Crippen molar-refractivity contribution in [1.29, 1.82) is 0 Å². The maximum absolute atomic E-state index is 5.36. The summed E-state index contributed by atoms with van der Waals surface area (Å²) < 4.78 is 5.36. The smallest absolute Gasteiger partial charge is 0.224 e. The highest BCUT2D eigenvalue weighted by atomic mass is 16.3. The van der Waals surface area contributed by atoms with Gasteiger partial charge in [-0.15, -0.1) is 0 Å². The average Bonchev–Trinajstić information content (AvgIpc) is 2.89. The van der Waals surface area contributed by atoms with Gasteiger partial charge in [0, 0.05) is 19.3 Å². The van der Waals surface area contributed by atoms with Crippen molar-refractivity contribution in [2.45, 2.75) is 20.4 Å². The normalized spacial score (nSPS) is 10.3. The van der Waals surface area contributed by atoms with E-state index in [0.29, 0.717) is 12.5 Å². The summed E-state index contributed by atoms with van der Waals surface area (Å²) in [6.45, 7) is 6.51. The third-order valence-electron chi connectivity index (χ3n) is 2.61. The maximum Gasteiger partial charge on any atom is 0.224 e. The van der Waals surface area contributed by atoms with Crippen molar-refractivity contribution in [2.24, 2.45) is 0 Å². The van der Waals surface area contributed by atoms with Crippen LogP contribution in [0, 0.1) is 0 Å². The molecular formula is C13H18N4O. The number of nitrogens with one attached hydrogen (secondary N) is 1. The van der Waals surface area contributed by atoms with E-state index in [1.807, 2.05) is 25.1 Å². The van der Waals surface area contributed by atoms with E-state index < -0.39 is 0 Å². The summed E-state index contributed by atoms with van der Waals surface area (Å²) in [6, 6.07) is 5.77. The second kappa shape index (κ2) is 6.05. The molecule has 2 aromatic heterocycles. The number of hydrogen-bond donors (Lipinski definition) is 1. The summed E-state index contributed by atoms with van der Waals surface area (Å²) in [5, 5.41) is 3.11. The molecule has 1 N–H and O–H groups in total. The number of hydrogen-bond acceptors (Lipinski definition) is 5. The van der Waals surface area contributed by atoms with Gasteiger partial charge in [0.1, 0.15) is 11.6 Å². The van der Waals surface area contributed by atoms with Crippen LogP contribution < -0.4 is 10.2 Å². The molecule has 0 radical (unpaired) electrons. The van der Waals surface area contributed by atoms with Gasteiger partial charge < -0.3 is 14.6 Å². The quantitative estimate of drug-likeness (QED) is 0.848. The van der Waals surface area contributed by atoms with Gasteiger partial charge in [-0.2, -0.15) is 4.98 Å². The topological polar surface area (TPSA) is 54.2 Å². The van der Waals surface area contributed by atoms with Crippen molar-refractivity contribution in [1.82, 2.24) is 9.97 Å². The van der Waals surface area contributed by atoms with Gasteiger partial charge in [-0.05, 0) is 32.0 Å². The summed E-state index contributed by atoms with van der Waals surface area (Å²) in [5.41, 5.74) is 0. The largest absolute Gasteiger partial charge is 0.467 e. The maximum atomic E-state index is 5.36. The molecule has 0 saturated carbocycles. The standard InChI is InChI=1S/C13H18N4O/c1-3-14-13-15-8-7-12(16-13)17(4-2)10-11-6-5-9-18-11/h5-9H,3-4,10H2,1-2H3,(H,14,15,16). The number of anilines is 2. The molecule has 0 bridgehead atoms. The monoisotopic (exact) mass is 246 g/mol. The molecule has 0 aliphatic rings. The Morgan fingerprint density at radius 3 is 2.89 bits per heavy atom. The Hall–Kier alpha value is -2.04. The van der Waals surface area contributed by atoms with E-state index in [1.54, 1.807) is 12.5 Å². The molecule has 0 aliphatic carbocycles. The van der Waals surface area contributed by atoms with Crippen LogP contribution in [0.15, 0.2) is 35.1 Å². The van der Waals surface area contributed by atoms with Gasteiger partial charge in [-0.3, -0.25) is 0 Å². The van der Waals surface area contributed by atoms with Gasteiger partial charge in [0.25, 0.3) is 0 Å². The lowest BCUT2D eigenvalue weighted by Gasteiger charge is -2.20. The molecule has 0 fully saturated rings. The van der Waals surface area contributed by atoms with Crippen molar-refractivity contribution >= 4 is 11.8 Å². The summed E-state index contributed by atoms with van der Waals surface area (Å²) in [5.74, 6) is 2.49. The van der Waals surface area contributed by atoms with Crippen LogP contribution in [0.25, 0.3) is 0 Å². The average molecular weight is 246 g/mol. The Morgan fingerprint density at radius 2 is 2.22 bits per heavy atom. The Balaban J connectivity index is 2.13. The molecule has 18 heavy (non-hydrogen) atoms. The first-order valence-corrected chi connectivity index (χ1v) is 6.17. The minimum Gasteiger partial charge on any atom is -0.467 e. The lowest BCUT2D eigenvalue weighted by molar-refractivity contribution is 0.503. The van der Waals surface area contributed by atoms with Crippen LogP contribution in [0.5, 0.6) is 0 Å². The molecule has 2 heterocycles. The number of aromatic nitrogens is 2. The van der Waals surface area contributed by atoms with Gasteiger partial charge in [0.05, 0.1) is 12.8 Å². The highest BCUT2D eigenvalue weighted by Gasteiger charge is 2.09. The van der Waals surface area contributed by atoms with Crippen molar-refractivity contribution in [3.63, 3.8) is 0 Å². The summed E-state index contributed by atoms with van der Waals surface area (Å²) in [6.07, 6.45) is 3.46. The van der Waals surface area contributed by atoms with Crippen molar-refractivity contribution in [2.75, 3.05) is 23.3 Å². The molecule has 0 spiro atoms. The van der Waals surface area contributed by atoms with E-state index in [9.17, 15) is 0 Å². The van der Waals surface area contributed by atoms with Gasteiger partial charge >= 0.3 is 0 Å². The van der Waals surface area contributed by atoms with Gasteiger partial charge in [-0.1, -0.05) is 0 Å². The molecule has 2 rings (SSSR count). The third-order valence-corrected chi connectivity index (χ3v) is 2.61. The van der Waals surface area contributed by atoms with Crippen molar-refractivity contribution in [3.05, 3.63) is 36.4 Å². The molecule has 0 unspecified atom stereocenters. The summed E-state index contributed by atoms with van der Waals surface area (Å²) >= 11 is 0. The highest BCUT2D eigenvalue weighted by Crippen LogP contribution is 2.15. The Labute approximate surface area is 107 Å². The Morgan fingerprint density at radius 1 is 1.33 bits per heavy atom. The Bertz CT molecular complexity index is 470. The first kappa shape index (κ1) is 12.4. The molecule has 5 heteroatoms. The van der Waals surface area contributed by atoms with E-state index in [2.05, 4.69) is 27.1 Å². The van der Waals surface area contributed by atoms with Crippen molar-refractivity contribution < 1.29 is 4.42 Å². The molecule has 0 saturated heterocycles. The van der Waals surface area contributed by atoms with E-state index in [1.165, 1.54) is 0 Å². The van der Waals surface area contributed by atoms with Crippen LogP contribution in [-0.4, -0.2) is 23.1 Å². The predicted molar refractivity (Wildman–Crippen MR) is 71.6 cm³/mol. The van der Waals surface area contributed by atoms with Crippen molar-refractivity contribution in [3.8, 4) is 0 Å². The van der Waals surface area contributed by atoms with Crippen LogP contribution in [-0.2, 0) is 6.54 Å². The number of rotatable bonds is 6. The van der Waals surface area contributed by atoms with E-state index in [0.717, 1.165) is 24.7 Å². The molecule has 0 amide bonds. The van der Waals surface area contributed by atoms with Crippen LogP contribution in [0.3, 0.4) is 0 Å². The lowest BCUT2D eigenvalue weighted by Crippen LogP contribution is -2.23. The van der Waals surface area contributed by atoms with Crippen LogP contribution in [0.4, 0.5) is 11.8 Å². The van der Waals surface area contributed by atoms with E-state index >= 15 is 0 Å². The first-order chi connectivity index (χ1) is 8.83. The molecule has 0 atom stereocenters. The van der Waals surface area contributed by atoms with Crippen LogP contribution >= 0.6 is 0 Å². The molecule has 0 aliphatic heterocycles. The Kier molecular flexibility index (Phi) is 4.17. The molecular weight excluding hydrogens is 228 g/mol. The minimum absolute atomic E-state index is 0.660. The second-order valence-corrected chi connectivity index (χ2v) is 3.86. The molecule has 0 aromatic carbocycles. The number of nitrogens with zero attached hydrogens (tertiary/aromatic N) is 3. The minimum atomic E-state index is 0.660. The van der Waals surface area contributed by atoms with E-state index in [-0.39, 0.29) is 0 Å². The fourth-order valence-corrected chi connectivity index (χ4v) is 1.71. The second-order valence-electron chi connectivity index (χ2n) is 3.86. The van der Waals surface area contributed by atoms with Gasteiger partial charge in [0.2, 0.25) is 5.95 Å². The molecule has 96 valence electrons. The fraction of sp³-hybridized carbons (Fsp3) is 0.385. The third kappa shape index (κ3) is 3.00. The van der Waals surface area contributed by atoms with E-state index in [4.69, 9.17) is 4.42 Å². The molecule has 2 aromatic rings. The van der Waals surface area contributed by atoms with Crippen LogP contribution in [0.1, 0.15) is 19.6 Å². The summed E-state index contributed by atoms with van der Waals surface area (Å²) in [4.78, 5) is 10.8. The zero-order valence-corrected chi connectivity index (χ0v) is 10.8. The lowest BCUT2D eigenvalue weighted by atomic mass is 10.4. The zero-order chi connectivity index (χ0) is 12.8. The summed E-state index contributed by atoms with van der Waals surface area (Å²) in [7, 11) is 0.